The molecule has 0 aromatic carbocycles. The van der Waals surface area contributed by atoms with Crippen molar-refractivity contribution < 1.29 is 9.22 Å². The molecule has 0 aliphatic rings. The van der Waals surface area contributed by atoms with Gasteiger partial charge in [-0.1, -0.05) is 0 Å². The molecule has 0 unspecified atom stereocenters. The molecular formula is C5H11NO2Si. The van der Waals surface area contributed by atoms with Crippen LogP contribution in [0.4, 0.5) is 0 Å². The minimum absolute atomic E-state index is 0.533. The Labute approximate surface area is 55.7 Å². The Balaban J connectivity index is 3.74. The van der Waals surface area contributed by atoms with Crippen LogP contribution in [0, 0.1) is 5.41 Å². The molecule has 0 heterocycles. The molecule has 0 bridgehead atoms. The fourth-order valence-electron chi connectivity index (χ4n) is 0.331. The van der Waals surface area contributed by atoms with E-state index in [1.54, 1.807) is 0 Å². The maximum Gasteiger partial charge on any atom is 0.335 e. The zero-order chi connectivity index (χ0) is 7.49. The molecule has 9 heavy (non-hydrogen) atoms. The number of rotatable bonds is 2. The maximum absolute atomic E-state index is 10.4. The first-order valence-electron chi connectivity index (χ1n) is 2.69. The highest BCUT2D eigenvalue weighted by Crippen LogP contribution is 2.00. The molecule has 0 aliphatic heterocycles. The molecule has 1 N–H and O–H groups in total. The van der Waals surface area contributed by atoms with Gasteiger partial charge in [0.2, 0.25) is 8.32 Å². The second-order valence-electron chi connectivity index (χ2n) is 2.68. The lowest BCUT2D eigenvalue weighted by atomic mass is 10.8. The number of carbonyl (C=O) groups is 1. The summed E-state index contributed by atoms with van der Waals surface area (Å²) in [6, 6.07) is 0. The van der Waals surface area contributed by atoms with Crippen LogP contribution in [0.15, 0.2) is 0 Å². The Bertz CT molecular complexity index is 127. The molecule has 0 radical (unpaired) electrons. The molecule has 52 valence electrons. The molecule has 0 spiro atoms. The SMILES string of the molecule is C[Si](C)(C)OC(=O)C=N. The van der Waals surface area contributed by atoms with Gasteiger partial charge in [0.05, 0.1) is 0 Å². The Morgan fingerprint density at radius 2 is 2.00 bits per heavy atom. The Kier molecular flexibility index (Phi) is 2.57. The molecular weight excluding hydrogens is 134 g/mol. The Morgan fingerprint density at radius 3 is 2.11 bits per heavy atom. The van der Waals surface area contributed by atoms with Gasteiger partial charge in [0.1, 0.15) is 6.21 Å². The van der Waals surface area contributed by atoms with Gasteiger partial charge in [-0.3, -0.25) is 0 Å². The van der Waals surface area contributed by atoms with Crippen LogP contribution in [0.1, 0.15) is 0 Å². The standard InChI is InChI=1S/C5H11NO2Si/c1-9(2,3)8-5(7)4-6/h4,6H,1-3H3. The van der Waals surface area contributed by atoms with Crippen LogP contribution in [-0.2, 0) is 9.22 Å². The third-order valence-corrected chi connectivity index (χ3v) is 1.34. The van der Waals surface area contributed by atoms with E-state index >= 15 is 0 Å². The van der Waals surface area contributed by atoms with E-state index in [1.807, 2.05) is 19.6 Å². The predicted molar refractivity (Wildman–Crippen MR) is 38.2 cm³/mol. The second-order valence-corrected chi connectivity index (χ2v) is 7.11. The van der Waals surface area contributed by atoms with Gasteiger partial charge in [-0.2, -0.15) is 0 Å². The Morgan fingerprint density at radius 1 is 1.56 bits per heavy atom. The van der Waals surface area contributed by atoms with Gasteiger partial charge in [-0.05, 0) is 19.6 Å². The Hall–Kier alpha value is -0.643. The summed E-state index contributed by atoms with van der Waals surface area (Å²) in [6.07, 6.45) is 0.693. The highest BCUT2D eigenvalue weighted by Gasteiger charge is 2.17. The van der Waals surface area contributed by atoms with E-state index in [9.17, 15) is 4.79 Å². The quantitative estimate of drug-likeness (QED) is 0.466. The van der Waals surface area contributed by atoms with E-state index in [4.69, 9.17) is 9.84 Å². The molecule has 0 fully saturated rings. The minimum Gasteiger partial charge on any atom is -0.516 e. The summed E-state index contributed by atoms with van der Waals surface area (Å²) in [6.45, 7) is 5.69. The lowest BCUT2D eigenvalue weighted by molar-refractivity contribution is -0.127. The fraction of sp³-hybridized carbons (Fsp3) is 0.600. The zero-order valence-electron chi connectivity index (χ0n) is 5.89. The molecule has 0 rings (SSSR count). The van der Waals surface area contributed by atoms with Crippen molar-refractivity contribution in [1.29, 1.82) is 5.41 Å². The molecule has 0 atom stereocenters. The molecule has 4 heteroatoms. The van der Waals surface area contributed by atoms with E-state index in [2.05, 4.69) is 0 Å². The zero-order valence-corrected chi connectivity index (χ0v) is 6.89. The third kappa shape index (κ3) is 5.22. The molecule has 3 nitrogen and oxygen atoms in total. The van der Waals surface area contributed by atoms with Crippen molar-refractivity contribution >= 4 is 20.5 Å². The van der Waals surface area contributed by atoms with E-state index < -0.39 is 14.3 Å². The number of hydrogen-bond acceptors (Lipinski definition) is 3. The normalized spacial score (nSPS) is 10.6. The minimum atomic E-state index is -1.74. The van der Waals surface area contributed by atoms with Crippen LogP contribution in [0.5, 0.6) is 0 Å². The third-order valence-electron chi connectivity index (χ3n) is 0.525. The van der Waals surface area contributed by atoms with Crippen LogP contribution in [0.2, 0.25) is 19.6 Å². The van der Waals surface area contributed by atoms with Crippen LogP contribution >= 0.6 is 0 Å². The van der Waals surface area contributed by atoms with Crippen molar-refractivity contribution in [1.82, 2.24) is 0 Å². The highest BCUT2D eigenvalue weighted by molar-refractivity contribution is 6.72. The first kappa shape index (κ1) is 8.36. The highest BCUT2D eigenvalue weighted by atomic mass is 28.4. The smallest absolute Gasteiger partial charge is 0.335 e. The van der Waals surface area contributed by atoms with Crippen molar-refractivity contribution in [3.63, 3.8) is 0 Å². The molecule has 0 amide bonds. The summed E-state index contributed by atoms with van der Waals surface area (Å²) in [5.74, 6) is -0.533. The summed E-state index contributed by atoms with van der Waals surface area (Å²) in [5, 5.41) is 6.51. The van der Waals surface area contributed by atoms with Crippen LogP contribution < -0.4 is 0 Å². The second kappa shape index (κ2) is 2.77. The maximum atomic E-state index is 10.4. The number of hydrogen-bond donors (Lipinski definition) is 1. The first-order chi connectivity index (χ1) is 3.95. The average Bonchev–Trinajstić information content (AvgIpc) is 1.62. The van der Waals surface area contributed by atoms with Gasteiger partial charge < -0.3 is 9.84 Å². The molecule has 0 aromatic rings. The van der Waals surface area contributed by atoms with E-state index in [-0.39, 0.29) is 0 Å². The average molecular weight is 145 g/mol. The van der Waals surface area contributed by atoms with Gasteiger partial charge in [-0.25, -0.2) is 4.79 Å². The topological polar surface area (TPSA) is 50.2 Å². The summed E-state index contributed by atoms with van der Waals surface area (Å²) in [4.78, 5) is 10.4. The van der Waals surface area contributed by atoms with Gasteiger partial charge in [-0.15, -0.1) is 0 Å². The first-order valence-corrected chi connectivity index (χ1v) is 6.10. The lowest BCUT2D eigenvalue weighted by Gasteiger charge is -2.14. The van der Waals surface area contributed by atoms with Crippen molar-refractivity contribution in [3.8, 4) is 0 Å². The van der Waals surface area contributed by atoms with E-state index in [0.29, 0.717) is 6.21 Å². The molecule has 0 saturated carbocycles. The number of nitrogens with one attached hydrogen (secondary N) is 1. The summed E-state index contributed by atoms with van der Waals surface area (Å²) >= 11 is 0. The number of carbonyl (C=O) groups excluding carboxylic acids is 1. The monoisotopic (exact) mass is 145 g/mol. The fourth-order valence-corrected chi connectivity index (χ4v) is 0.994. The van der Waals surface area contributed by atoms with Crippen molar-refractivity contribution in [3.05, 3.63) is 0 Å². The van der Waals surface area contributed by atoms with E-state index in [1.165, 1.54) is 0 Å². The van der Waals surface area contributed by atoms with Crippen LogP contribution in [0.25, 0.3) is 0 Å². The molecule has 0 aromatic heterocycles. The van der Waals surface area contributed by atoms with Gasteiger partial charge in [0, 0.05) is 0 Å². The summed E-state index contributed by atoms with van der Waals surface area (Å²) in [7, 11) is -1.74. The van der Waals surface area contributed by atoms with Gasteiger partial charge >= 0.3 is 5.97 Å². The van der Waals surface area contributed by atoms with Gasteiger partial charge in [0.15, 0.2) is 0 Å². The van der Waals surface area contributed by atoms with Crippen molar-refractivity contribution in [2.24, 2.45) is 0 Å². The lowest BCUT2D eigenvalue weighted by Crippen LogP contribution is -2.29. The predicted octanol–water partition coefficient (Wildman–Crippen LogP) is 1.01. The molecule has 0 aliphatic carbocycles. The molecule has 0 saturated heterocycles. The van der Waals surface area contributed by atoms with Gasteiger partial charge in [0.25, 0.3) is 0 Å². The van der Waals surface area contributed by atoms with Crippen LogP contribution in [-0.4, -0.2) is 20.5 Å². The van der Waals surface area contributed by atoms with E-state index in [0.717, 1.165) is 0 Å². The van der Waals surface area contributed by atoms with Crippen LogP contribution in [0.3, 0.4) is 0 Å². The largest absolute Gasteiger partial charge is 0.516 e. The van der Waals surface area contributed by atoms with Crippen molar-refractivity contribution in [2.45, 2.75) is 19.6 Å². The summed E-state index contributed by atoms with van der Waals surface area (Å²) in [5.41, 5.74) is 0. The summed E-state index contributed by atoms with van der Waals surface area (Å²) < 4.78 is 4.84. The van der Waals surface area contributed by atoms with Crippen molar-refractivity contribution in [2.75, 3.05) is 0 Å².